The molecule has 0 aromatic heterocycles. The number of aryl methyl sites for hydroxylation is 1. The highest BCUT2D eigenvalue weighted by Crippen LogP contribution is 2.28. The van der Waals surface area contributed by atoms with E-state index in [1.165, 1.54) is 0 Å². The van der Waals surface area contributed by atoms with Crippen LogP contribution in [0.2, 0.25) is 0 Å². The quantitative estimate of drug-likeness (QED) is 0.829. The lowest BCUT2D eigenvalue weighted by Crippen LogP contribution is -2.32. The molecular weight excluding hydrogens is 362 g/mol. The van der Waals surface area contributed by atoms with Crippen LogP contribution in [0.4, 0.5) is 5.69 Å². The van der Waals surface area contributed by atoms with E-state index in [1.807, 2.05) is 11.8 Å². The molecule has 0 aliphatic carbocycles. The first-order valence-electron chi connectivity index (χ1n) is 8.42. The number of fused-ring (bicyclic) bond motifs is 1. The molecule has 8 heteroatoms. The van der Waals surface area contributed by atoms with Crippen LogP contribution in [0.1, 0.15) is 28.8 Å². The third-order valence-corrected chi connectivity index (χ3v) is 5.68. The molecule has 0 bridgehead atoms. The Morgan fingerprint density at radius 1 is 1.20 bits per heavy atom. The molecule has 3 rings (SSSR count). The van der Waals surface area contributed by atoms with Gasteiger partial charge < -0.3 is 10.2 Å². The maximum atomic E-state index is 12.8. The Labute approximate surface area is 155 Å². The van der Waals surface area contributed by atoms with Gasteiger partial charge >= 0.3 is 0 Å². The van der Waals surface area contributed by atoms with E-state index in [2.05, 4.69) is 10.0 Å². The minimum Gasteiger partial charge on any atom is -0.339 e. The number of nitrogens with one attached hydrogen (secondary N) is 2. The highest BCUT2D eigenvalue weighted by molar-refractivity contribution is 7.92. The topological polar surface area (TPSA) is 78.5 Å². The zero-order valence-corrected chi connectivity index (χ0v) is 16.3. The summed E-state index contributed by atoms with van der Waals surface area (Å²) in [6.07, 6.45) is 3.18. The van der Waals surface area contributed by atoms with E-state index in [-0.39, 0.29) is 18.3 Å². The Balaban J connectivity index is 0.00000225. The first-order valence-corrected chi connectivity index (χ1v) is 10.3. The van der Waals surface area contributed by atoms with Crippen LogP contribution in [-0.4, -0.2) is 51.7 Å². The number of sulfonamides is 1. The first kappa shape index (κ1) is 20.0. The molecule has 25 heavy (non-hydrogen) atoms. The lowest BCUT2D eigenvalue weighted by atomic mass is 9.92. The molecule has 2 aliphatic heterocycles. The molecule has 2 aliphatic rings. The number of anilines is 1. The number of hydrogen-bond donors (Lipinski definition) is 2. The van der Waals surface area contributed by atoms with Crippen molar-refractivity contribution >= 4 is 34.0 Å². The summed E-state index contributed by atoms with van der Waals surface area (Å²) in [7, 11) is -3.37. The lowest BCUT2D eigenvalue weighted by Gasteiger charge is -2.21. The van der Waals surface area contributed by atoms with Crippen LogP contribution >= 0.6 is 12.4 Å². The average Bonchev–Trinajstić information content (AvgIpc) is 2.86. The summed E-state index contributed by atoms with van der Waals surface area (Å²) in [5, 5.41) is 3.43. The fraction of sp³-hybridized carbons (Fsp3) is 0.588. The Hall–Kier alpha value is -1.31. The molecule has 1 aromatic rings. The van der Waals surface area contributed by atoms with Crippen molar-refractivity contribution in [1.82, 2.24) is 10.2 Å². The van der Waals surface area contributed by atoms with Crippen molar-refractivity contribution in [1.29, 1.82) is 0 Å². The van der Waals surface area contributed by atoms with Crippen molar-refractivity contribution in [2.45, 2.75) is 19.8 Å². The van der Waals surface area contributed by atoms with Gasteiger partial charge in [-0.05, 0) is 62.4 Å². The van der Waals surface area contributed by atoms with Crippen LogP contribution in [0.15, 0.2) is 18.2 Å². The van der Waals surface area contributed by atoms with Gasteiger partial charge in [-0.15, -0.1) is 12.4 Å². The van der Waals surface area contributed by atoms with Gasteiger partial charge in [-0.3, -0.25) is 9.52 Å². The van der Waals surface area contributed by atoms with E-state index in [9.17, 15) is 13.2 Å². The molecule has 2 saturated heterocycles. The molecule has 0 spiro atoms. The van der Waals surface area contributed by atoms with Gasteiger partial charge in [-0.1, -0.05) is 6.07 Å². The molecule has 140 valence electrons. The highest BCUT2D eigenvalue weighted by Gasteiger charge is 2.31. The van der Waals surface area contributed by atoms with Crippen molar-refractivity contribution in [3.8, 4) is 0 Å². The predicted molar refractivity (Wildman–Crippen MR) is 102 cm³/mol. The number of benzene rings is 1. The summed E-state index contributed by atoms with van der Waals surface area (Å²) in [5.41, 5.74) is 1.81. The van der Waals surface area contributed by atoms with Crippen LogP contribution in [0.3, 0.4) is 0 Å². The van der Waals surface area contributed by atoms with Crippen LogP contribution in [0.5, 0.6) is 0 Å². The molecule has 2 fully saturated rings. The number of rotatable bonds is 3. The van der Waals surface area contributed by atoms with Crippen LogP contribution in [0.25, 0.3) is 0 Å². The monoisotopic (exact) mass is 387 g/mol. The molecule has 2 heterocycles. The molecule has 6 nitrogen and oxygen atoms in total. The Morgan fingerprint density at radius 2 is 1.80 bits per heavy atom. The van der Waals surface area contributed by atoms with Gasteiger partial charge in [0.1, 0.15) is 0 Å². The summed E-state index contributed by atoms with van der Waals surface area (Å²) in [6, 6.07) is 5.21. The molecule has 0 unspecified atom stereocenters. The molecule has 2 atom stereocenters. The highest BCUT2D eigenvalue weighted by atomic mass is 35.5. The summed E-state index contributed by atoms with van der Waals surface area (Å²) in [6.45, 7) is 5.47. The number of carbonyl (C=O) groups excluding carboxylic acids is 1. The van der Waals surface area contributed by atoms with E-state index in [4.69, 9.17) is 0 Å². The molecule has 2 N–H and O–H groups in total. The molecule has 1 aromatic carbocycles. The van der Waals surface area contributed by atoms with Gasteiger partial charge in [-0.25, -0.2) is 8.42 Å². The van der Waals surface area contributed by atoms with Crippen LogP contribution < -0.4 is 10.0 Å². The summed E-state index contributed by atoms with van der Waals surface area (Å²) in [5.74, 6) is 1.33. The zero-order chi connectivity index (χ0) is 17.3. The molecule has 0 saturated carbocycles. The second-order valence-corrected chi connectivity index (χ2v) is 8.70. The van der Waals surface area contributed by atoms with Gasteiger partial charge in [0.25, 0.3) is 5.91 Å². The Morgan fingerprint density at radius 3 is 2.36 bits per heavy atom. The van der Waals surface area contributed by atoms with Crippen molar-refractivity contribution in [2.24, 2.45) is 11.8 Å². The number of nitrogens with zero attached hydrogens (tertiary/aromatic N) is 1. The van der Waals surface area contributed by atoms with Gasteiger partial charge in [-0.2, -0.15) is 0 Å². The molecule has 1 amide bonds. The van der Waals surface area contributed by atoms with Crippen molar-refractivity contribution in [3.63, 3.8) is 0 Å². The van der Waals surface area contributed by atoms with Gasteiger partial charge in [0.05, 0.1) is 11.9 Å². The second-order valence-electron chi connectivity index (χ2n) is 6.95. The van der Waals surface area contributed by atoms with Crippen molar-refractivity contribution < 1.29 is 13.2 Å². The van der Waals surface area contributed by atoms with E-state index >= 15 is 0 Å². The Kier molecular flexibility index (Phi) is 6.35. The average molecular weight is 388 g/mol. The normalized spacial score (nSPS) is 23.4. The van der Waals surface area contributed by atoms with Gasteiger partial charge in [0, 0.05) is 18.7 Å². The fourth-order valence-corrected chi connectivity index (χ4v) is 4.29. The second kappa shape index (κ2) is 7.93. The zero-order valence-electron chi connectivity index (χ0n) is 14.6. The Bertz CT molecular complexity index is 725. The van der Waals surface area contributed by atoms with Crippen molar-refractivity contribution in [3.05, 3.63) is 29.3 Å². The largest absolute Gasteiger partial charge is 0.339 e. The predicted octanol–water partition coefficient (Wildman–Crippen LogP) is 1.86. The smallest absolute Gasteiger partial charge is 0.253 e. The number of likely N-dealkylation sites (tertiary alicyclic amines) is 1. The minimum atomic E-state index is -3.37. The fourth-order valence-electron chi connectivity index (χ4n) is 3.67. The van der Waals surface area contributed by atoms with Gasteiger partial charge in [0.2, 0.25) is 10.0 Å². The third-order valence-electron chi connectivity index (χ3n) is 5.09. The van der Waals surface area contributed by atoms with Gasteiger partial charge in [0.15, 0.2) is 0 Å². The maximum Gasteiger partial charge on any atom is 0.253 e. The van der Waals surface area contributed by atoms with Crippen molar-refractivity contribution in [2.75, 3.05) is 37.2 Å². The van der Waals surface area contributed by atoms with E-state index in [1.54, 1.807) is 18.2 Å². The summed E-state index contributed by atoms with van der Waals surface area (Å²) >= 11 is 0. The van der Waals surface area contributed by atoms with Crippen LogP contribution in [0, 0.1) is 18.8 Å². The van der Waals surface area contributed by atoms with E-state index in [0.29, 0.717) is 23.1 Å². The summed E-state index contributed by atoms with van der Waals surface area (Å²) < 4.78 is 25.4. The minimum absolute atomic E-state index is 0. The maximum absolute atomic E-state index is 12.8. The van der Waals surface area contributed by atoms with Crippen LogP contribution in [-0.2, 0) is 10.0 Å². The number of halogens is 1. The lowest BCUT2D eigenvalue weighted by molar-refractivity contribution is 0.0758. The van der Waals surface area contributed by atoms with E-state index < -0.39 is 10.0 Å². The third kappa shape index (κ3) is 4.86. The standard InChI is InChI=1S/C17H25N3O3S.ClH/c1-12-3-4-13(9-16(12)19-24(2,22)23)17(21)20-7-5-14-10-18-11-15(14)6-8-20;/h3-4,9,14-15,18-19H,5-8,10-11H2,1-2H3;1H/t14-,15+;. The number of amides is 1. The SMILES string of the molecule is Cc1ccc(C(=O)N2CC[C@@H]3CNC[C@@H]3CC2)cc1NS(C)(=O)=O.Cl. The number of carbonyl (C=O) groups is 1. The first-order chi connectivity index (χ1) is 11.3. The molecular formula is C17H26ClN3O3S. The molecule has 0 radical (unpaired) electrons. The summed E-state index contributed by atoms with van der Waals surface area (Å²) in [4.78, 5) is 14.7. The van der Waals surface area contributed by atoms with E-state index in [0.717, 1.165) is 50.8 Å². The number of hydrogen-bond acceptors (Lipinski definition) is 4.